The molecular weight excluding hydrogens is 266 g/mol. The van der Waals surface area contributed by atoms with Crippen molar-refractivity contribution in [3.8, 4) is 5.75 Å². The van der Waals surface area contributed by atoms with Crippen molar-refractivity contribution in [2.24, 2.45) is 5.73 Å². The molecule has 0 aliphatic heterocycles. The van der Waals surface area contributed by atoms with Crippen molar-refractivity contribution in [2.75, 3.05) is 0 Å². The van der Waals surface area contributed by atoms with Crippen LogP contribution >= 0.6 is 15.9 Å². The number of nitrogens with two attached hydrogens (primary N) is 1. The van der Waals surface area contributed by atoms with Crippen LogP contribution in [0.1, 0.15) is 35.1 Å². The van der Waals surface area contributed by atoms with Crippen molar-refractivity contribution in [1.29, 1.82) is 0 Å². The van der Waals surface area contributed by atoms with Gasteiger partial charge in [-0.1, -0.05) is 15.9 Å². The zero-order valence-corrected chi connectivity index (χ0v) is 11.6. The molecule has 0 spiro atoms. The van der Waals surface area contributed by atoms with Gasteiger partial charge in [0.25, 0.3) is 0 Å². The lowest BCUT2D eigenvalue weighted by Gasteiger charge is -2.18. The molecule has 88 valence electrons. The second-order valence-electron chi connectivity index (χ2n) is 5.06. The third kappa shape index (κ3) is 1.87. The van der Waals surface area contributed by atoms with Crippen LogP contribution in [0, 0.1) is 20.8 Å². The van der Waals surface area contributed by atoms with E-state index in [-0.39, 0.29) is 5.54 Å². The maximum absolute atomic E-state index is 10.2. The van der Waals surface area contributed by atoms with Crippen LogP contribution in [0.2, 0.25) is 0 Å². The average molecular weight is 284 g/mol. The molecule has 0 saturated heterocycles. The van der Waals surface area contributed by atoms with E-state index in [1.807, 2.05) is 20.8 Å². The van der Waals surface area contributed by atoms with E-state index < -0.39 is 0 Å². The molecule has 16 heavy (non-hydrogen) atoms. The first-order chi connectivity index (χ1) is 7.36. The highest BCUT2D eigenvalue weighted by atomic mass is 79.9. The molecule has 2 nitrogen and oxygen atoms in total. The summed E-state index contributed by atoms with van der Waals surface area (Å²) in [5.41, 5.74) is 10.3. The first-order valence-corrected chi connectivity index (χ1v) is 6.41. The molecule has 0 aromatic heterocycles. The van der Waals surface area contributed by atoms with Gasteiger partial charge in [0.1, 0.15) is 5.75 Å². The Balaban J connectivity index is 2.51. The highest BCUT2D eigenvalue weighted by Crippen LogP contribution is 2.42. The fraction of sp³-hybridized carbons (Fsp3) is 0.538. The van der Waals surface area contributed by atoms with Gasteiger partial charge >= 0.3 is 0 Å². The molecule has 0 amide bonds. The molecule has 3 heteroatoms. The Kier molecular flexibility index (Phi) is 2.79. The van der Waals surface area contributed by atoms with Gasteiger partial charge in [-0.15, -0.1) is 0 Å². The molecule has 0 heterocycles. The first kappa shape index (κ1) is 11.9. The minimum atomic E-state index is -0.0661. The van der Waals surface area contributed by atoms with Crippen LogP contribution in [0.25, 0.3) is 0 Å². The summed E-state index contributed by atoms with van der Waals surface area (Å²) in [6, 6.07) is 0. The van der Waals surface area contributed by atoms with Crippen molar-refractivity contribution < 1.29 is 5.11 Å². The summed E-state index contributed by atoms with van der Waals surface area (Å²) >= 11 is 3.59. The molecule has 2 rings (SSSR count). The van der Waals surface area contributed by atoms with Gasteiger partial charge in [-0.05, 0) is 56.7 Å². The monoisotopic (exact) mass is 283 g/mol. The van der Waals surface area contributed by atoms with Gasteiger partial charge in [0.2, 0.25) is 0 Å². The van der Waals surface area contributed by atoms with Crippen molar-refractivity contribution in [1.82, 2.24) is 0 Å². The van der Waals surface area contributed by atoms with E-state index in [2.05, 4.69) is 15.9 Å². The van der Waals surface area contributed by atoms with Gasteiger partial charge in [-0.3, -0.25) is 0 Å². The van der Waals surface area contributed by atoms with Crippen molar-refractivity contribution in [2.45, 2.75) is 45.6 Å². The number of halogens is 1. The van der Waals surface area contributed by atoms with Gasteiger partial charge in [0.15, 0.2) is 0 Å². The number of aromatic hydroxyl groups is 1. The predicted octanol–water partition coefficient (Wildman–Crippen LogP) is 3.11. The summed E-state index contributed by atoms with van der Waals surface area (Å²) in [6.07, 6.45) is 2.91. The second kappa shape index (κ2) is 3.74. The van der Waals surface area contributed by atoms with E-state index in [0.717, 1.165) is 46.0 Å². The third-order valence-electron chi connectivity index (χ3n) is 3.74. The lowest BCUT2D eigenvalue weighted by Crippen LogP contribution is -2.25. The summed E-state index contributed by atoms with van der Waals surface area (Å²) in [6.45, 7) is 6.01. The Hall–Kier alpha value is -0.540. The molecule has 3 N–H and O–H groups in total. The van der Waals surface area contributed by atoms with E-state index in [4.69, 9.17) is 5.73 Å². The Morgan fingerprint density at radius 3 is 2.25 bits per heavy atom. The summed E-state index contributed by atoms with van der Waals surface area (Å²) in [5.74, 6) is 0.426. The minimum Gasteiger partial charge on any atom is -0.507 e. The molecule has 1 aliphatic rings. The predicted molar refractivity (Wildman–Crippen MR) is 69.9 cm³/mol. The lowest BCUT2D eigenvalue weighted by atomic mass is 9.94. The topological polar surface area (TPSA) is 46.2 Å². The van der Waals surface area contributed by atoms with E-state index in [9.17, 15) is 5.11 Å². The minimum absolute atomic E-state index is 0.0661. The summed E-state index contributed by atoms with van der Waals surface area (Å²) in [4.78, 5) is 0. The van der Waals surface area contributed by atoms with E-state index >= 15 is 0 Å². The van der Waals surface area contributed by atoms with Crippen LogP contribution in [0.3, 0.4) is 0 Å². The molecule has 1 fully saturated rings. The number of hydrogen-bond donors (Lipinski definition) is 2. The molecular formula is C13H18BrNO. The fourth-order valence-electron chi connectivity index (χ4n) is 2.07. The molecule has 0 atom stereocenters. The lowest BCUT2D eigenvalue weighted by molar-refractivity contribution is 0.457. The molecule has 1 aliphatic carbocycles. The quantitative estimate of drug-likeness (QED) is 0.876. The van der Waals surface area contributed by atoms with Crippen LogP contribution in [0.15, 0.2) is 4.47 Å². The highest BCUT2D eigenvalue weighted by molar-refractivity contribution is 9.10. The third-order valence-corrected chi connectivity index (χ3v) is 4.93. The number of phenolic OH excluding ortho intramolecular Hbond substituents is 1. The highest BCUT2D eigenvalue weighted by Gasteiger charge is 2.39. The van der Waals surface area contributed by atoms with Crippen molar-refractivity contribution >= 4 is 15.9 Å². The Labute approximate surface area is 105 Å². The molecule has 0 unspecified atom stereocenters. The van der Waals surface area contributed by atoms with Crippen LogP contribution in [-0.2, 0) is 6.42 Å². The van der Waals surface area contributed by atoms with Crippen LogP contribution in [0.5, 0.6) is 5.75 Å². The van der Waals surface area contributed by atoms with Crippen molar-refractivity contribution in [3.63, 3.8) is 0 Å². The number of hydrogen-bond acceptors (Lipinski definition) is 2. The molecule has 1 aromatic carbocycles. The van der Waals surface area contributed by atoms with Gasteiger partial charge in [-0.2, -0.15) is 0 Å². The molecule has 0 bridgehead atoms. The number of benzene rings is 1. The van der Waals surface area contributed by atoms with Crippen molar-refractivity contribution in [3.05, 3.63) is 26.7 Å². The molecule has 1 saturated carbocycles. The standard InChI is InChI=1S/C13H18BrNO/c1-7-8(2)12(16)10(9(3)11(7)14)6-13(15)4-5-13/h16H,4-6,15H2,1-3H3. The smallest absolute Gasteiger partial charge is 0.122 e. The molecule has 0 radical (unpaired) electrons. The Morgan fingerprint density at radius 1 is 1.19 bits per heavy atom. The van der Waals surface area contributed by atoms with Crippen LogP contribution in [0.4, 0.5) is 0 Å². The number of phenols is 1. The maximum atomic E-state index is 10.2. The molecule has 1 aromatic rings. The Bertz CT molecular complexity index is 421. The summed E-state index contributed by atoms with van der Waals surface area (Å²) in [7, 11) is 0. The normalized spacial score (nSPS) is 17.6. The fourth-order valence-corrected chi connectivity index (χ4v) is 2.60. The number of rotatable bonds is 2. The maximum Gasteiger partial charge on any atom is 0.122 e. The SMILES string of the molecule is Cc1c(C)c(Br)c(C)c(CC2(N)CC2)c1O. The van der Waals surface area contributed by atoms with Crippen LogP contribution in [-0.4, -0.2) is 10.6 Å². The zero-order valence-electron chi connectivity index (χ0n) is 10.0. The van der Waals surface area contributed by atoms with Gasteiger partial charge in [0.05, 0.1) is 0 Å². The van der Waals surface area contributed by atoms with E-state index in [1.54, 1.807) is 0 Å². The van der Waals surface area contributed by atoms with E-state index in [1.165, 1.54) is 0 Å². The van der Waals surface area contributed by atoms with E-state index in [0.29, 0.717) is 5.75 Å². The van der Waals surface area contributed by atoms with Crippen LogP contribution < -0.4 is 5.73 Å². The van der Waals surface area contributed by atoms with Gasteiger partial charge in [0, 0.05) is 15.6 Å². The van der Waals surface area contributed by atoms with Gasteiger partial charge < -0.3 is 10.8 Å². The zero-order chi connectivity index (χ0) is 12.1. The Morgan fingerprint density at radius 2 is 1.75 bits per heavy atom. The first-order valence-electron chi connectivity index (χ1n) is 5.62. The summed E-state index contributed by atoms with van der Waals surface area (Å²) in [5, 5.41) is 10.2. The largest absolute Gasteiger partial charge is 0.507 e. The van der Waals surface area contributed by atoms with Gasteiger partial charge in [-0.25, -0.2) is 0 Å². The average Bonchev–Trinajstić information content (AvgIpc) is 2.98. The summed E-state index contributed by atoms with van der Waals surface area (Å²) < 4.78 is 1.10. The second-order valence-corrected chi connectivity index (χ2v) is 5.85.